The molecule has 26 heavy (non-hydrogen) atoms. The van der Waals surface area contributed by atoms with Crippen LogP contribution in [-0.4, -0.2) is 73.0 Å². The lowest BCUT2D eigenvalue weighted by Gasteiger charge is -2.37. The second kappa shape index (κ2) is 6.51. The van der Waals surface area contributed by atoms with Crippen molar-refractivity contribution in [1.29, 1.82) is 0 Å². The van der Waals surface area contributed by atoms with E-state index < -0.39 is 10.0 Å². The van der Waals surface area contributed by atoms with E-state index in [1.165, 1.54) is 0 Å². The van der Waals surface area contributed by atoms with Crippen molar-refractivity contribution >= 4 is 21.7 Å². The number of amidine groups is 2. The van der Waals surface area contributed by atoms with Crippen molar-refractivity contribution in [2.45, 2.75) is 24.8 Å². The Hall–Kier alpha value is -2.19. The molecule has 3 aliphatic heterocycles. The van der Waals surface area contributed by atoms with Crippen LogP contribution < -0.4 is 0 Å². The molecule has 4 rings (SSSR count). The zero-order chi connectivity index (χ0) is 18.3. The van der Waals surface area contributed by atoms with E-state index in [0.29, 0.717) is 31.1 Å². The first-order valence-corrected chi connectivity index (χ1v) is 10.3. The van der Waals surface area contributed by atoms with Gasteiger partial charge in [0.1, 0.15) is 0 Å². The molecule has 0 bridgehead atoms. The number of nitrogens with zero attached hydrogens (tertiary/aromatic N) is 5. The van der Waals surface area contributed by atoms with Crippen LogP contribution in [0.4, 0.5) is 0 Å². The molecule has 0 aromatic heterocycles. The van der Waals surface area contributed by atoms with Crippen molar-refractivity contribution in [2.24, 2.45) is 9.98 Å². The molecule has 0 saturated carbocycles. The molecule has 0 spiro atoms. The summed E-state index contributed by atoms with van der Waals surface area (Å²) in [5.74, 6) is 1.75. The molecule has 1 saturated heterocycles. The van der Waals surface area contributed by atoms with E-state index in [0.717, 1.165) is 23.8 Å². The van der Waals surface area contributed by atoms with E-state index >= 15 is 0 Å². The molecule has 138 valence electrons. The van der Waals surface area contributed by atoms with Crippen LogP contribution in [0.3, 0.4) is 0 Å². The fourth-order valence-electron chi connectivity index (χ4n) is 3.54. The number of sulfonamides is 1. The van der Waals surface area contributed by atoms with E-state index in [-0.39, 0.29) is 6.04 Å². The van der Waals surface area contributed by atoms with Crippen LogP contribution in [0, 0.1) is 6.92 Å². The normalized spacial score (nSPS) is 23.7. The molecule has 1 unspecified atom stereocenters. The van der Waals surface area contributed by atoms with Crippen LogP contribution in [0.5, 0.6) is 0 Å². The lowest BCUT2D eigenvalue weighted by molar-refractivity contribution is 0.267. The number of rotatable bonds is 2. The van der Waals surface area contributed by atoms with E-state index in [1.54, 1.807) is 28.7 Å². The summed E-state index contributed by atoms with van der Waals surface area (Å²) >= 11 is 0. The number of aliphatic imine (C=N–C) groups is 2. The summed E-state index contributed by atoms with van der Waals surface area (Å²) in [6.45, 7) is 6.97. The number of piperazine rings is 1. The Morgan fingerprint density at radius 1 is 1.12 bits per heavy atom. The Balaban J connectivity index is 1.49. The highest BCUT2D eigenvalue weighted by molar-refractivity contribution is 7.89. The lowest BCUT2D eigenvalue weighted by atomic mass is 10.2. The maximum absolute atomic E-state index is 12.9. The number of benzene rings is 1. The van der Waals surface area contributed by atoms with Gasteiger partial charge in [-0.05, 0) is 31.5 Å². The van der Waals surface area contributed by atoms with Crippen molar-refractivity contribution in [2.75, 3.05) is 32.7 Å². The standard InChI is InChI=1S/C18H23N5O2S/c1-14-4-3-5-16(12-14)26(24,25)23-10-8-21(9-11-23)17-18-20-15(2)13-22(18)7-6-19-17/h3-7,12,15H,8-11,13H2,1-2H3. The number of fused-ring (bicyclic) bond motifs is 1. The van der Waals surface area contributed by atoms with E-state index in [2.05, 4.69) is 26.7 Å². The van der Waals surface area contributed by atoms with Crippen LogP contribution in [0.25, 0.3) is 0 Å². The van der Waals surface area contributed by atoms with Crippen LogP contribution in [0.2, 0.25) is 0 Å². The highest BCUT2D eigenvalue weighted by Crippen LogP contribution is 2.21. The minimum absolute atomic E-state index is 0.251. The van der Waals surface area contributed by atoms with Crippen molar-refractivity contribution in [1.82, 2.24) is 14.1 Å². The Morgan fingerprint density at radius 3 is 2.62 bits per heavy atom. The Morgan fingerprint density at radius 2 is 1.88 bits per heavy atom. The monoisotopic (exact) mass is 373 g/mol. The van der Waals surface area contributed by atoms with Gasteiger partial charge in [0.05, 0.1) is 10.9 Å². The molecule has 1 aromatic rings. The Bertz CT molecular complexity index is 898. The quantitative estimate of drug-likeness (QED) is 0.783. The maximum atomic E-state index is 12.9. The zero-order valence-electron chi connectivity index (χ0n) is 15.0. The summed E-state index contributed by atoms with van der Waals surface area (Å²) in [7, 11) is -3.45. The van der Waals surface area contributed by atoms with Crippen molar-refractivity contribution in [3.8, 4) is 0 Å². The molecule has 0 aliphatic carbocycles. The second-order valence-corrected chi connectivity index (χ2v) is 8.85. The summed E-state index contributed by atoms with van der Waals surface area (Å²) in [6, 6.07) is 7.33. The smallest absolute Gasteiger partial charge is 0.243 e. The third kappa shape index (κ3) is 3.03. The fraction of sp³-hybridized carbons (Fsp3) is 0.444. The van der Waals surface area contributed by atoms with Gasteiger partial charge in [0.2, 0.25) is 10.0 Å². The Labute approximate surface area is 154 Å². The van der Waals surface area contributed by atoms with Gasteiger partial charge in [-0.3, -0.25) is 4.99 Å². The molecule has 1 aromatic carbocycles. The van der Waals surface area contributed by atoms with E-state index in [9.17, 15) is 8.42 Å². The molecule has 8 heteroatoms. The van der Waals surface area contributed by atoms with Gasteiger partial charge in [-0.1, -0.05) is 12.1 Å². The van der Waals surface area contributed by atoms with Crippen LogP contribution >= 0.6 is 0 Å². The summed E-state index contributed by atoms with van der Waals surface area (Å²) in [4.78, 5) is 13.8. The van der Waals surface area contributed by atoms with Gasteiger partial charge < -0.3 is 9.80 Å². The van der Waals surface area contributed by atoms with E-state index in [4.69, 9.17) is 0 Å². The topological polar surface area (TPSA) is 68.6 Å². The van der Waals surface area contributed by atoms with E-state index in [1.807, 2.05) is 19.2 Å². The summed E-state index contributed by atoms with van der Waals surface area (Å²) in [5.41, 5.74) is 0.946. The van der Waals surface area contributed by atoms with Crippen LogP contribution in [-0.2, 0) is 10.0 Å². The van der Waals surface area contributed by atoms with Gasteiger partial charge in [-0.2, -0.15) is 4.31 Å². The van der Waals surface area contributed by atoms with Gasteiger partial charge in [0, 0.05) is 45.1 Å². The van der Waals surface area contributed by atoms with Gasteiger partial charge in [-0.15, -0.1) is 0 Å². The number of aryl methyl sites for hydroxylation is 1. The summed E-state index contributed by atoms with van der Waals surface area (Å²) in [5, 5.41) is 0. The number of hydrogen-bond acceptors (Lipinski definition) is 6. The predicted molar refractivity (Wildman–Crippen MR) is 102 cm³/mol. The predicted octanol–water partition coefficient (Wildman–Crippen LogP) is 1.29. The molecule has 3 aliphatic rings. The first-order valence-electron chi connectivity index (χ1n) is 8.86. The third-order valence-corrected chi connectivity index (χ3v) is 6.78. The summed E-state index contributed by atoms with van der Waals surface area (Å²) in [6.07, 6.45) is 3.74. The Kier molecular flexibility index (Phi) is 4.32. The fourth-order valence-corrected chi connectivity index (χ4v) is 5.07. The molecule has 1 atom stereocenters. The molecular weight excluding hydrogens is 350 g/mol. The SMILES string of the molecule is Cc1cccc(S(=O)(=O)N2CCN(C3=NC=CN4CC(C)N=C34)CC2)c1. The highest BCUT2D eigenvalue weighted by Gasteiger charge is 2.34. The van der Waals surface area contributed by atoms with Gasteiger partial charge >= 0.3 is 0 Å². The molecular formula is C18H23N5O2S. The molecule has 3 heterocycles. The largest absolute Gasteiger partial charge is 0.351 e. The maximum Gasteiger partial charge on any atom is 0.243 e. The van der Waals surface area contributed by atoms with Crippen molar-refractivity contribution in [3.63, 3.8) is 0 Å². The first-order chi connectivity index (χ1) is 12.4. The van der Waals surface area contributed by atoms with Gasteiger partial charge in [0.25, 0.3) is 0 Å². The summed E-state index contributed by atoms with van der Waals surface area (Å²) < 4.78 is 27.3. The minimum Gasteiger partial charge on any atom is -0.351 e. The highest BCUT2D eigenvalue weighted by atomic mass is 32.2. The third-order valence-electron chi connectivity index (χ3n) is 4.88. The van der Waals surface area contributed by atoms with Gasteiger partial charge in [-0.25, -0.2) is 13.4 Å². The molecule has 0 radical (unpaired) electrons. The van der Waals surface area contributed by atoms with Crippen molar-refractivity contribution in [3.05, 3.63) is 42.2 Å². The average Bonchev–Trinajstić information content (AvgIpc) is 3.02. The minimum atomic E-state index is -3.45. The first kappa shape index (κ1) is 17.2. The second-order valence-electron chi connectivity index (χ2n) is 6.91. The van der Waals surface area contributed by atoms with Crippen LogP contribution in [0.15, 0.2) is 51.5 Å². The molecule has 7 nitrogen and oxygen atoms in total. The molecule has 1 fully saturated rings. The zero-order valence-corrected chi connectivity index (χ0v) is 15.9. The average molecular weight is 373 g/mol. The van der Waals surface area contributed by atoms with Gasteiger partial charge in [0.15, 0.2) is 11.7 Å². The molecule has 0 N–H and O–H groups in total. The lowest BCUT2D eigenvalue weighted by Crippen LogP contribution is -2.53. The number of hydrogen-bond donors (Lipinski definition) is 0. The molecule has 0 amide bonds. The van der Waals surface area contributed by atoms with Crippen molar-refractivity contribution < 1.29 is 8.42 Å². The van der Waals surface area contributed by atoms with Crippen LogP contribution in [0.1, 0.15) is 12.5 Å².